The van der Waals surface area contributed by atoms with E-state index in [0.29, 0.717) is 6.42 Å². The number of nitrogens with one attached hydrogen (secondary N) is 2. The molecule has 6 nitrogen and oxygen atoms in total. The Morgan fingerprint density at radius 3 is 2.43 bits per heavy atom. The fourth-order valence-corrected chi connectivity index (χ4v) is 3.42. The molecule has 2 aromatic carbocycles. The minimum atomic E-state index is -0.0884. The first-order valence-electron chi connectivity index (χ1n) is 10.4. The van der Waals surface area contributed by atoms with Gasteiger partial charge in [-0.25, -0.2) is 0 Å². The number of aromatic nitrogens is 3. The summed E-state index contributed by atoms with van der Waals surface area (Å²) >= 11 is 5.29. The first-order chi connectivity index (χ1) is 14.4. The molecule has 158 valence electrons. The molecule has 0 atom stereocenters. The molecule has 0 radical (unpaired) electrons. The van der Waals surface area contributed by atoms with Gasteiger partial charge >= 0.3 is 0 Å². The average Bonchev–Trinajstić information content (AvgIpc) is 3.08. The van der Waals surface area contributed by atoms with Gasteiger partial charge in [-0.15, -0.1) is 10.2 Å². The van der Waals surface area contributed by atoms with E-state index in [1.165, 1.54) is 18.4 Å². The third-order valence-electron chi connectivity index (χ3n) is 4.81. The summed E-state index contributed by atoms with van der Waals surface area (Å²) in [5.74, 6) is 0.191. The molecule has 1 amide bonds. The van der Waals surface area contributed by atoms with Gasteiger partial charge < -0.3 is 10.6 Å². The van der Waals surface area contributed by atoms with Crippen LogP contribution in [0.2, 0.25) is 0 Å². The van der Waals surface area contributed by atoms with Crippen LogP contribution in [0.25, 0.3) is 16.7 Å². The zero-order valence-electron chi connectivity index (χ0n) is 18.0. The molecule has 0 saturated carbocycles. The first-order valence-corrected chi connectivity index (χ1v) is 10.8. The van der Waals surface area contributed by atoms with Gasteiger partial charge in [0.05, 0.1) is 5.69 Å². The number of carbonyl (C=O) groups excluding carboxylic acids is 1. The van der Waals surface area contributed by atoms with E-state index < -0.39 is 0 Å². The van der Waals surface area contributed by atoms with Crippen LogP contribution < -0.4 is 10.6 Å². The Morgan fingerprint density at radius 2 is 1.80 bits per heavy atom. The summed E-state index contributed by atoms with van der Waals surface area (Å²) in [7, 11) is 0. The van der Waals surface area contributed by atoms with E-state index in [2.05, 4.69) is 52.0 Å². The maximum atomic E-state index is 11.9. The SMILES string of the molecule is CCCCc1ccc(-n2nc3cc(C)c(NC(=S)NC(=O)CC(C)C)cc3n2)cc1. The van der Waals surface area contributed by atoms with Crippen LogP contribution in [-0.2, 0) is 11.2 Å². The Kier molecular flexibility index (Phi) is 7.15. The number of rotatable bonds is 7. The fraction of sp³-hybridized carbons (Fsp3) is 0.391. The Hall–Kier alpha value is -2.80. The Balaban J connectivity index is 1.76. The molecule has 3 rings (SSSR count). The molecule has 0 aliphatic heterocycles. The molecule has 3 aromatic rings. The van der Waals surface area contributed by atoms with Gasteiger partial charge in [-0.1, -0.05) is 39.3 Å². The Morgan fingerprint density at radius 1 is 1.13 bits per heavy atom. The topological polar surface area (TPSA) is 71.8 Å². The first kappa shape index (κ1) is 21.9. The number of thiocarbonyl (C=S) groups is 1. The van der Waals surface area contributed by atoms with Gasteiger partial charge in [0.25, 0.3) is 0 Å². The van der Waals surface area contributed by atoms with Crippen molar-refractivity contribution >= 4 is 40.0 Å². The maximum Gasteiger partial charge on any atom is 0.226 e. The molecule has 0 aliphatic carbocycles. The zero-order valence-corrected chi connectivity index (χ0v) is 18.8. The highest BCUT2D eigenvalue weighted by Crippen LogP contribution is 2.22. The van der Waals surface area contributed by atoms with E-state index in [0.717, 1.165) is 34.4 Å². The van der Waals surface area contributed by atoms with Crippen LogP contribution in [-0.4, -0.2) is 26.0 Å². The number of hydrogen-bond donors (Lipinski definition) is 2. The summed E-state index contributed by atoms with van der Waals surface area (Å²) in [6, 6.07) is 12.2. The van der Waals surface area contributed by atoms with Crippen LogP contribution in [0.4, 0.5) is 5.69 Å². The van der Waals surface area contributed by atoms with Gasteiger partial charge in [-0.05, 0) is 73.3 Å². The smallest absolute Gasteiger partial charge is 0.226 e. The predicted octanol–water partition coefficient (Wildman–Crippen LogP) is 4.93. The number of fused-ring (bicyclic) bond motifs is 1. The third kappa shape index (κ3) is 5.63. The second kappa shape index (κ2) is 9.80. The van der Waals surface area contributed by atoms with Crippen molar-refractivity contribution in [2.24, 2.45) is 5.92 Å². The van der Waals surface area contributed by atoms with Crippen molar-refractivity contribution in [1.82, 2.24) is 20.3 Å². The Labute approximate surface area is 183 Å². The van der Waals surface area contributed by atoms with Crippen molar-refractivity contribution in [1.29, 1.82) is 0 Å². The van der Waals surface area contributed by atoms with Gasteiger partial charge in [0.2, 0.25) is 5.91 Å². The summed E-state index contributed by atoms with van der Waals surface area (Å²) in [5, 5.41) is 15.4. The quantitative estimate of drug-likeness (QED) is 0.527. The van der Waals surface area contributed by atoms with E-state index >= 15 is 0 Å². The van der Waals surface area contributed by atoms with Gasteiger partial charge in [-0.3, -0.25) is 4.79 Å². The molecule has 2 N–H and O–H groups in total. The molecule has 0 spiro atoms. The number of carbonyl (C=O) groups is 1. The number of amides is 1. The lowest BCUT2D eigenvalue weighted by Crippen LogP contribution is -2.34. The minimum Gasteiger partial charge on any atom is -0.332 e. The fourth-order valence-electron chi connectivity index (χ4n) is 3.20. The van der Waals surface area contributed by atoms with Gasteiger partial charge in [-0.2, -0.15) is 4.80 Å². The number of aryl methyl sites for hydroxylation is 2. The monoisotopic (exact) mass is 423 g/mol. The molecular formula is C23H29N5OS. The molecule has 1 aromatic heterocycles. The summed E-state index contributed by atoms with van der Waals surface area (Å²) in [5.41, 5.74) is 5.60. The summed E-state index contributed by atoms with van der Waals surface area (Å²) < 4.78 is 0. The lowest BCUT2D eigenvalue weighted by atomic mass is 10.1. The van der Waals surface area contributed by atoms with Crippen molar-refractivity contribution in [2.45, 2.75) is 53.4 Å². The molecule has 0 fully saturated rings. The summed E-state index contributed by atoms with van der Waals surface area (Å²) in [4.78, 5) is 13.6. The number of benzene rings is 2. The molecule has 1 heterocycles. The largest absolute Gasteiger partial charge is 0.332 e. The number of nitrogens with zero attached hydrogens (tertiary/aromatic N) is 3. The van der Waals surface area contributed by atoms with Crippen molar-refractivity contribution < 1.29 is 4.79 Å². The minimum absolute atomic E-state index is 0.0884. The normalized spacial score (nSPS) is 11.1. The zero-order chi connectivity index (χ0) is 21.7. The van der Waals surface area contributed by atoms with Crippen molar-refractivity contribution in [2.75, 3.05) is 5.32 Å². The van der Waals surface area contributed by atoms with E-state index in [9.17, 15) is 4.79 Å². The van der Waals surface area contributed by atoms with Crippen molar-refractivity contribution in [3.8, 4) is 5.69 Å². The number of unbranched alkanes of at least 4 members (excludes halogenated alkanes) is 1. The van der Waals surface area contributed by atoms with E-state index in [1.54, 1.807) is 4.80 Å². The van der Waals surface area contributed by atoms with E-state index in [1.807, 2.05) is 32.9 Å². The van der Waals surface area contributed by atoms with Gasteiger partial charge in [0.1, 0.15) is 11.0 Å². The van der Waals surface area contributed by atoms with Crippen LogP contribution in [0.5, 0.6) is 0 Å². The third-order valence-corrected chi connectivity index (χ3v) is 5.01. The lowest BCUT2D eigenvalue weighted by molar-refractivity contribution is -0.120. The van der Waals surface area contributed by atoms with Crippen LogP contribution in [0, 0.1) is 12.8 Å². The maximum absolute atomic E-state index is 11.9. The van der Waals surface area contributed by atoms with E-state index in [-0.39, 0.29) is 16.9 Å². The second-order valence-electron chi connectivity index (χ2n) is 8.02. The predicted molar refractivity (Wildman–Crippen MR) is 126 cm³/mol. The summed E-state index contributed by atoms with van der Waals surface area (Å²) in [6.07, 6.45) is 3.91. The molecular weight excluding hydrogens is 394 g/mol. The van der Waals surface area contributed by atoms with Crippen LogP contribution >= 0.6 is 12.2 Å². The van der Waals surface area contributed by atoms with Crippen LogP contribution in [0.3, 0.4) is 0 Å². The van der Waals surface area contributed by atoms with Gasteiger partial charge in [0, 0.05) is 12.1 Å². The highest BCUT2D eigenvalue weighted by molar-refractivity contribution is 7.80. The molecule has 0 unspecified atom stereocenters. The molecule has 0 saturated heterocycles. The molecule has 0 bridgehead atoms. The van der Waals surface area contributed by atoms with Gasteiger partial charge in [0.15, 0.2) is 5.11 Å². The standard InChI is InChI=1S/C23H29N5OS/c1-5-6-7-17-8-10-18(11-9-17)28-26-20-13-16(4)19(14-21(20)27-28)24-23(30)25-22(29)12-15(2)3/h8-11,13-15H,5-7,12H2,1-4H3,(H2,24,25,29,30). The van der Waals surface area contributed by atoms with Crippen molar-refractivity contribution in [3.63, 3.8) is 0 Å². The molecule has 0 aliphatic rings. The van der Waals surface area contributed by atoms with Crippen LogP contribution in [0.1, 0.15) is 51.2 Å². The van der Waals surface area contributed by atoms with Crippen LogP contribution in [0.15, 0.2) is 36.4 Å². The average molecular weight is 424 g/mol. The number of anilines is 1. The summed E-state index contributed by atoms with van der Waals surface area (Å²) in [6.45, 7) is 8.17. The lowest BCUT2D eigenvalue weighted by Gasteiger charge is -2.12. The number of hydrogen-bond acceptors (Lipinski definition) is 4. The highest BCUT2D eigenvalue weighted by Gasteiger charge is 2.11. The Bertz CT molecular complexity index is 1040. The second-order valence-corrected chi connectivity index (χ2v) is 8.42. The molecule has 7 heteroatoms. The highest BCUT2D eigenvalue weighted by atomic mass is 32.1. The van der Waals surface area contributed by atoms with E-state index in [4.69, 9.17) is 12.2 Å². The van der Waals surface area contributed by atoms with Crippen molar-refractivity contribution in [3.05, 3.63) is 47.5 Å². The molecule has 30 heavy (non-hydrogen) atoms.